The Balaban J connectivity index is 1.93. The predicted molar refractivity (Wildman–Crippen MR) is 79.5 cm³/mol. The van der Waals surface area contributed by atoms with Crippen LogP contribution in [0.3, 0.4) is 0 Å². The second kappa shape index (κ2) is 5.32. The maximum absolute atomic E-state index is 11.7. The summed E-state index contributed by atoms with van der Waals surface area (Å²) in [6, 6.07) is 9.48. The Morgan fingerprint density at radius 3 is 3.00 bits per heavy atom. The van der Waals surface area contributed by atoms with E-state index in [4.69, 9.17) is 4.74 Å². The van der Waals surface area contributed by atoms with E-state index in [1.807, 2.05) is 38.1 Å². The first-order valence-corrected chi connectivity index (χ1v) is 7.61. The van der Waals surface area contributed by atoms with Crippen molar-refractivity contribution < 1.29 is 4.74 Å². The molecule has 3 rings (SSSR count). The molecule has 0 saturated carbocycles. The average molecular weight is 288 g/mol. The molecule has 1 unspecified atom stereocenters. The van der Waals surface area contributed by atoms with Crippen molar-refractivity contribution in [2.24, 2.45) is 0 Å². The fourth-order valence-corrected chi connectivity index (χ4v) is 3.09. The number of hydrogen-bond acceptors (Lipinski definition) is 4. The summed E-state index contributed by atoms with van der Waals surface area (Å²) in [4.78, 5) is 20.2. The van der Waals surface area contributed by atoms with Crippen molar-refractivity contribution >= 4 is 11.8 Å². The molecule has 5 heteroatoms. The first kappa shape index (κ1) is 13.2. The van der Waals surface area contributed by atoms with Gasteiger partial charge in [0.05, 0.1) is 5.69 Å². The lowest BCUT2D eigenvalue weighted by molar-refractivity contribution is 0.209. The van der Waals surface area contributed by atoms with Crippen LogP contribution < -0.4 is 10.3 Å². The Bertz CT molecular complexity index is 682. The summed E-state index contributed by atoms with van der Waals surface area (Å²) in [6.07, 6.45) is -0.207. The zero-order chi connectivity index (χ0) is 14.1. The van der Waals surface area contributed by atoms with E-state index in [-0.39, 0.29) is 17.6 Å². The quantitative estimate of drug-likeness (QED) is 0.922. The molecule has 0 saturated heterocycles. The zero-order valence-corrected chi connectivity index (χ0v) is 12.2. The average Bonchev–Trinajstić information content (AvgIpc) is 2.46. The molecule has 0 spiro atoms. The van der Waals surface area contributed by atoms with Gasteiger partial charge >= 0.3 is 0 Å². The van der Waals surface area contributed by atoms with Gasteiger partial charge in [-0.25, -0.2) is 4.98 Å². The number of aromatic nitrogens is 2. The molecule has 104 valence electrons. The molecule has 1 aromatic heterocycles. The second-order valence-corrected chi connectivity index (χ2v) is 6.14. The molecule has 0 aliphatic carbocycles. The smallest absolute Gasteiger partial charge is 0.251 e. The van der Waals surface area contributed by atoms with Crippen molar-refractivity contribution in [1.82, 2.24) is 9.97 Å². The van der Waals surface area contributed by atoms with Crippen molar-refractivity contribution in [3.05, 3.63) is 52.2 Å². The maximum Gasteiger partial charge on any atom is 0.251 e. The number of para-hydroxylation sites is 1. The summed E-state index contributed by atoms with van der Waals surface area (Å²) in [7, 11) is 0. The minimum atomic E-state index is -0.207. The molecule has 1 N–H and O–H groups in total. The van der Waals surface area contributed by atoms with Gasteiger partial charge in [0, 0.05) is 16.7 Å². The minimum Gasteiger partial charge on any atom is -0.480 e. The van der Waals surface area contributed by atoms with Crippen LogP contribution in [0.4, 0.5) is 0 Å². The standard InChI is InChI=1S/C15H16N2O2S/c1-9(2)10-7-14(18)17-15(16-10)12-8-20-13-6-4-3-5-11(13)19-12/h3-7,9,12H,8H2,1-2H3,(H,16,17,18). The Labute approximate surface area is 121 Å². The lowest BCUT2D eigenvalue weighted by atomic mass is 10.1. The number of nitrogens with zero attached hydrogens (tertiary/aromatic N) is 1. The van der Waals surface area contributed by atoms with Crippen LogP contribution in [0.2, 0.25) is 0 Å². The predicted octanol–water partition coefficient (Wildman–Crippen LogP) is 3.12. The van der Waals surface area contributed by atoms with E-state index >= 15 is 0 Å². The molecule has 1 aromatic carbocycles. The Kier molecular flexibility index (Phi) is 3.53. The maximum atomic E-state index is 11.7. The number of aromatic amines is 1. The SMILES string of the molecule is CC(C)c1cc(=O)[nH]c(C2CSc3ccccc3O2)n1. The topological polar surface area (TPSA) is 55.0 Å². The van der Waals surface area contributed by atoms with Gasteiger partial charge in [0.15, 0.2) is 11.9 Å². The van der Waals surface area contributed by atoms with Gasteiger partial charge in [0.1, 0.15) is 5.75 Å². The fourth-order valence-electron chi connectivity index (χ4n) is 2.10. The number of thioether (sulfide) groups is 1. The minimum absolute atomic E-state index is 0.119. The van der Waals surface area contributed by atoms with Crippen molar-refractivity contribution in [2.45, 2.75) is 30.8 Å². The van der Waals surface area contributed by atoms with E-state index in [2.05, 4.69) is 9.97 Å². The Hall–Kier alpha value is -1.75. The highest BCUT2D eigenvalue weighted by Gasteiger charge is 2.24. The van der Waals surface area contributed by atoms with Gasteiger partial charge in [-0.15, -0.1) is 11.8 Å². The molecular formula is C15H16N2O2S. The van der Waals surface area contributed by atoms with Gasteiger partial charge in [0.2, 0.25) is 0 Å². The molecule has 1 aliphatic heterocycles. The Morgan fingerprint density at radius 1 is 1.40 bits per heavy atom. The van der Waals surface area contributed by atoms with Crippen LogP contribution in [-0.2, 0) is 0 Å². The summed E-state index contributed by atoms with van der Waals surface area (Å²) in [5.41, 5.74) is 0.683. The summed E-state index contributed by atoms with van der Waals surface area (Å²) >= 11 is 1.72. The monoisotopic (exact) mass is 288 g/mol. The lowest BCUT2D eigenvalue weighted by Crippen LogP contribution is -2.22. The number of nitrogens with one attached hydrogen (secondary N) is 1. The summed E-state index contributed by atoms with van der Waals surface area (Å²) in [5, 5.41) is 0. The fraction of sp³-hybridized carbons (Fsp3) is 0.333. The number of hydrogen-bond donors (Lipinski definition) is 1. The highest BCUT2D eigenvalue weighted by Crippen LogP contribution is 2.39. The van der Waals surface area contributed by atoms with E-state index in [0.29, 0.717) is 5.82 Å². The van der Waals surface area contributed by atoms with Crippen molar-refractivity contribution in [2.75, 3.05) is 5.75 Å². The second-order valence-electron chi connectivity index (χ2n) is 5.07. The van der Waals surface area contributed by atoms with Gasteiger partial charge in [-0.3, -0.25) is 4.79 Å². The van der Waals surface area contributed by atoms with E-state index in [1.165, 1.54) is 0 Å². The zero-order valence-electron chi connectivity index (χ0n) is 11.4. The number of fused-ring (bicyclic) bond motifs is 1. The number of benzene rings is 1. The molecule has 2 aromatic rings. The van der Waals surface area contributed by atoms with Crippen LogP contribution in [0.25, 0.3) is 0 Å². The number of H-pyrrole nitrogens is 1. The summed E-state index contributed by atoms with van der Waals surface area (Å²) in [5.74, 6) is 2.44. The third kappa shape index (κ3) is 2.58. The molecule has 0 bridgehead atoms. The normalized spacial score (nSPS) is 17.6. The van der Waals surface area contributed by atoms with Crippen molar-refractivity contribution in [3.8, 4) is 5.75 Å². The van der Waals surface area contributed by atoms with Crippen molar-refractivity contribution in [3.63, 3.8) is 0 Å². The van der Waals surface area contributed by atoms with Gasteiger partial charge < -0.3 is 9.72 Å². The third-order valence-electron chi connectivity index (χ3n) is 3.18. The van der Waals surface area contributed by atoms with E-state index < -0.39 is 0 Å². The highest BCUT2D eigenvalue weighted by molar-refractivity contribution is 7.99. The number of rotatable bonds is 2. The molecule has 1 atom stereocenters. The molecular weight excluding hydrogens is 272 g/mol. The Morgan fingerprint density at radius 2 is 2.20 bits per heavy atom. The largest absolute Gasteiger partial charge is 0.480 e. The molecule has 4 nitrogen and oxygen atoms in total. The first-order chi connectivity index (χ1) is 9.63. The van der Waals surface area contributed by atoms with Crippen LogP contribution in [0.5, 0.6) is 5.75 Å². The third-order valence-corrected chi connectivity index (χ3v) is 4.30. The molecule has 1 aliphatic rings. The van der Waals surface area contributed by atoms with Gasteiger partial charge in [0.25, 0.3) is 5.56 Å². The number of ether oxygens (including phenoxy) is 1. The summed E-state index contributed by atoms with van der Waals surface area (Å²) < 4.78 is 5.95. The van der Waals surface area contributed by atoms with Crippen LogP contribution >= 0.6 is 11.8 Å². The lowest BCUT2D eigenvalue weighted by Gasteiger charge is -2.25. The first-order valence-electron chi connectivity index (χ1n) is 6.63. The summed E-state index contributed by atoms with van der Waals surface area (Å²) in [6.45, 7) is 4.05. The van der Waals surface area contributed by atoms with Crippen LogP contribution in [0, 0.1) is 0 Å². The van der Waals surface area contributed by atoms with E-state index in [9.17, 15) is 4.79 Å². The molecule has 20 heavy (non-hydrogen) atoms. The van der Waals surface area contributed by atoms with Gasteiger partial charge in [-0.05, 0) is 18.1 Å². The van der Waals surface area contributed by atoms with Crippen molar-refractivity contribution in [1.29, 1.82) is 0 Å². The molecule has 0 radical (unpaired) electrons. The molecule has 0 amide bonds. The van der Waals surface area contributed by atoms with E-state index in [1.54, 1.807) is 17.8 Å². The van der Waals surface area contributed by atoms with Crippen LogP contribution in [0.15, 0.2) is 40.0 Å². The highest BCUT2D eigenvalue weighted by atomic mass is 32.2. The van der Waals surface area contributed by atoms with Crippen LogP contribution in [-0.4, -0.2) is 15.7 Å². The molecule has 0 fully saturated rings. The van der Waals surface area contributed by atoms with Gasteiger partial charge in [-0.2, -0.15) is 0 Å². The van der Waals surface area contributed by atoms with Gasteiger partial charge in [-0.1, -0.05) is 26.0 Å². The van der Waals surface area contributed by atoms with E-state index in [0.717, 1.165) is 22.1 Å². The molecule has 2 heterocycles. The van der Waals surface area contributed by atoms with Crippen LogP contribution in [0.1, 0.15) is 37.4 Å².